The Kier molecular flexibility index (Phi) is 3.72. The van der Waals surface area contributed by atoms with E-state index in [4.69, 9.17) is 0 Å². The molecule has 1 N–H and O–H groups in total. The summed E-state index contributed by atoms with van der Waals surface area (Å²) in [5.74, 6) is -0.0355. The summed E-state index contributed by atoms with van der Waals surface area (Å²) in [7, 11) is 0. The van der Waals surface area contributed by atoms with Crippen molar-refractivity contribution in [3.05, 3.63) is 65.4 Å². The van der Waals surface area contributed by atoms with Crippen LogP contribution in [0.15, 0.2) is 48.7 Å². The first-order valence-electron chi connectivity index (χ1n) is 7.56. The zero-order valence-electron chi connectivity index (χ0n) is 13.2. The van der Waals surface area contributed by atoms with Crippen molar-refractivity contribution < 1.29 is 4.79 Å². The molecule has 0 aliphatic carbocycles. The number of benzene rings is 2. The van der Waals surface area contributed by atoms with Gasteiger partial charge in [0.2, 0.25) is 0 Å². The number of carbonyl (C=O) groups is 1. The molecule has 0 atom stereocenters. The molecule has 2 aromatic carbocycles. The number of carbonyl (C=O) groups excluding carboxylic acids is 1. The van der Waals surface area contributed by atoms with E-state index in [0.717, 1.165) is 34.6 Å². The van der Waals surface area contributed by atoms with Gasteiger partial charge in [0.25, 0.3) is 5.91 Å². The molecule has 0 bridgehead atoms. The molecule has 0 spiro atoms. The van der Waals surface area contributed by atoms with Crippen molar-refractivity contribution in [2.24, 2.45) is 0 Å². The van der Waals surface area contributed by atoms with Gasteiger partial charge in [-0.25, -0.2) is 0 Å². The predicted octanol–water partition coefficient (Wildman–Crippen LogP) is 4.12. The van der Waals surface area contributed by atoms with Crippen LogP contribution >= 0.6 is 0 Å². The minimum atomic E-state index is -0.0355. The summed E-state index contributed by atoms with van der Waals surface area (Å²) >= 11 is 0. The minimum absolute atomic E-state index is 0.0355. The van der Waals surface area contributed by atoms with Crippen molar-refractivity contribution in [2.75, 3.05) is 16.8 Å². The maximum atomic E-state index is 12.3. The third kappa shape index (κ3) is 2.62. The SMILES string of the molecule is CCN(/C=C1/C(=O)Nc2cc(C)ccc21)c1cccc(C)c1. The molecular weight excluding hydrogens is 272 g/mol. The molecule has 2 aromatic rings. The van der Waals surface area contributed by atoms with Crippen LogP contribution in [0.2, 0.25) is 0 Å². The highest BCUT2D eigenvalue weighted by molar-refractivity contribution is 6.31. The normalized spacial score (nSPS) is 14.9. The van der Waals surface area contributed by atoms with Crippen LogP contribution in [0.5, 0.6) is 0 Å². The first-order chi connectivity index (χ1) is 10.6. The number of rotatable bonds is 3. The van der Waals surface area contributed by atoms with Crippen LogP contribution in [0.3, 0.4) is 0 Å². The van der Waals surface area contributed by atoms with Gasteiger partial charge in [0.15, 0.2) is 0 Å². The van der Waals surface area contributed by atoms with Crippen molar-refractivity contribution in [1.29, 1.82) is 0 Å². The number of nitrogens with zero attached hydrogens (tertiary/aromatic N) is 1. The molecule has 3 nitrogen and oxygen atoms in total. The second kappa shape index (κ2) is 5.68. The molecule has 3 heteroatoms. The van der Waals surface area contributed by atoms with Crippen LogP contribution in [0, 0.1) is 13.8 Å². The molecule has 0 radical (unpaired) electrons. The first-order valence-corrected chi connectivity index (χ1v) is 7.56. The van der Waals surface area contributed by atoms with E-state index in [9.17, 15) is 4.79 Å². The fraction of sp³-hybridized carbons (Fsp3) is 0.211. The second-order valence-corrected chi connectivity index (χ2v) is 5.67. The highest BCUT2D eigenvalue weighted by Gasteiger charge is 2.24. The Morgan fingerprint density at radius 3 is 2.59 bits per heavy atom. The van der Waals surface area contributed by atoms with Gasteiger partial charge in [0, 0.05) is 29.7 Å². The summed E-state index contributed by atoms with van der Waals surface area (Å²) in [6.45, 7) is 6.99. The topological polar surface area (TPSA) is 32.3 Å². The summed E-state index contributed by atoms with van der Waals surface area (Å²) < 4.78 is 0. The Morgan fingerprint density at radius 1 is 1.09 bits per heavy atom. The number of amides is 1. The number of aryl methyl sites for hydroxylation is 2. The number of nitrogens with one attached hydrogen (secondary N) is 1. The van der Waals surface area contributed by atoms with E-state index in [1.807, 2.05) is 37.4 Å². The zero-order valence-corrected chi connectivity index (χ0v) is 13.2. The van der Waals surface area contributed by atoms with E-state index in [0.29, 0.717) is 0 Å². The quantitative estimate of drug-likeness (QED) is 0.863. The van der Waals surface area contributed by atoms with Gasteiger partial charge < -0.3 is 10.2 Å². The molecule has 22 heavy (non-hydrogen) atoms. The smallest absolute Gasteiger partial charge is 0.257 e. The van der Waals surface area contributed by atoms with Crippen molar-refractivity contribution in [3.8, 4) is 0 Å². The van der Waals surface area contributed by atoms with Gasteiger partial charge in [-0.05, 0) is 50.1 Å². The van der Waals surface area contributed by atoms with Crippen LogP contribution in [0.1, 0.15) is 23.6 Å². The average molecular weight is 292 g/mol. The third-order valence-corrected chi connectivity index (χ3v) is 3.92. The molecule has 0 fully saturated rings. The van der Waals surface area contributed by atoms with E-state index < -0.39 is 0 Å². The minimum Gasteiger partial charge on any atom is -0.347 e. The van der Waals surface area contributed by atoms with E-state index in [1.165, 1.54) is 5.56 Å². The number of hydrogen-bond acceptors (Lipinski definition) is 2. The second-order valence-electron chi connectivity index (χ2n) is 5.67. The van der Waals surface area contributed by atoms with Crippen LogP contribution in [-0.4, -0.2) is 12.5 Å². The Bertz CT molecular complexity index is 762. The monoisotopic (exact) mass is 292 g/mol. The molecule has 1 aliphatic heterocycles. The molecule has 0 aromatic heterocycles. The molecule has 1 aliphatic rings. The lowest BCUT2D eigenvalue weighted by Gasteiger charge is -2.19. The average Bonchev–Trinajstić information content (AvgIpc) is 2.79. The predicted molar refractivity (Wildman–Crippen MR) is 92.0 cm³/mol. The fourth-order valence-corrected chi connectivity index (χ4v) is 2.75. The van der Waals surface area contributed by atoms with Gasteiger partial charge >= 0.3 is 0 Å². The molecule has 1 heterocycles. The molecule has 0 unspecified atom stereocenters. The van der Waals surface area contributed by atoms with Crippen LogP contribution in [0.25, 0.3) is 5.57 Å². The lowest BCUT2D eigenvalue weighted by atomic mass is 10.1. The van der Waals surface area contributed by atoms with Crippen molar-refractivity contribution in [2.45, 2.75) is 20.8 Å². The molecule has 1 amide bonds. The summed E-state index contributed by atoms with van der Waals surface area (Å²) in [5, 5.41) is 2.95. The molecule has 112 valence electrons. The molecule has 0 saturated heterocycles. The third-order valence-electron chi connectivity index (χ3n) is 3.92. The van der Waals surface area contributed by atoms with E-state index in [2.05, 4.69) is 42.3 Å². The van der Waals surface area contributed by atoms with Gasteiger partial charge in [0.05, 0.1) is 5.57 Å². The van der Waals surface area contributed by atoms with Crippen molar-refractivity contribution in [3.63, 3.8) is 0 Å². The van der Waals surface area contributed by atoms with E-state index in [1.54, 1.807) is 0 Å². The van der Waals surface area contributed by atoms with Gasteiger partial charge in [-0.2, -0.15) is 0 Å². The van der Waals surface area contributed by atoms with Crippen LogP contribution < -0.4 is 10.2 Å². The summed E-state index contributed by atoms with van der Waals surface area (Å²) in [5.41, 5.74) is 6.05. The lowest BCUT2D eigenvalue weighted by Crippen LogP contribution is -2.17. The fourth-order valence-electron chi connectivity index (χ4n) is 2.75. The largest absolute Gasteiger partial charge is 0.347 e. The highest BCUT2D eigenvalue weighted by Crippen LogP contribution is 2.33. The van der Waals surface area contributed by atoms with E-state index >= 15 is 0 Å². The van der Waals surface area contributed by atoms with Gasteiger partial charge in [-0.1, -0.05) is 24.3 Å². The Labute approximate surface area is 131 Å². The van der Waals surface area contributed by atoms with Crippen LogP contribution in [0.4, 0.5) is 11.4 Å². The lowest BCUT2D eigenvalue weighted by molar-refractivity contribution is -0.110. The van der Waals surface area contributed by atoms with Crippen LogP contribution in [-0.2, 0) is 4.79 Å². The molecular formula is C19H20N2O. The number of fused-ring (bicyclic) bond motifs is 1. The van der Waals surface area contributed by atoms with Gasteiger partial charge in [0.1, 0.15) is 0 Å². The maximum absolute atomic E-state index is 12.3. The molecule has 3 rings (SSSR count). The Morgan fingerprint density at radius 2 is 1.86 bits per heavy atom. The zero-order chi connectivity index (χ0) is 15.7. The Hall–Kier alpha value is -2.55. The highest BCUT2D eigenvalue weighted by atomic mass is 16.2. The Balaban J connectivity index is 2.02. The summed E-state index contributed by atoms with van der Waals surface area (Å²) in [6.07, 6.45) is 1.95. The van der Waals surface area contributed by atoms with Gasteiger partial charge in [-0.15, -0.1) is 0 Å². The number of hydrogen-bond donors (Lipinski definition) is 1. The first kappa shape index (κ1) is 14.4. The standard InChI is InChI=1S/C19H20N2O/c1-4-21(15-7-5-6-13(2)10-15)12-17-16-9-8-14(3)11-18(16)20-19(17)22/h5-12H,4H2,1-3H3,(H,20,22)/b17-12+. The van der Waals surface area contributed by atoms with Gasteiger partial charge in [-0.3, -0.25) is 4.79 Å². The number of anilines is 2. The summed E-state index contributed by atoms with van der Waals surface area (Å²) in [4.78, 5) is 14.4. The molecule has 0 saturated carbocycles. The van der Waals surface area contributed by atoms with Crippen molar-refractivity contribution in [1.82, 2.24) is 0 Å². The maximum Gasteiger partial charge on any atom is 0.257 e. The summed E-state index contributed by atoms with van der Waals surface area (Å²) in [6, 6.07) is 14.4. The van der Waals surface area contributed by atoms with E-state index in [-0.39, 0.29) is 5.91 Å². The van der Waals surface area contributed by atoms with Crippen molar-refractivity contribution >= 4 is 22.9 Å².